The zero-order valence-corrected chi connectivity index (χ0v) is 10.1. The van der Waals surface area contributed by atoms with Crippen LogP contribution in [0.1, 0.15) is 33.1 Å². The minimum atomic E-state index is 0.312. The van der Waals surface area contributed by atoms with Crippen LogP contribution in [0, 0.1) is 11.3 Å². The average molecular weight is 215 g/mol. The lowest BCUT2D eigenvalue weighted by molar-refractivity contribution is -0.0992. The van der Waals surface area contributed by atoms with Gasteiger partial charge in [-0.1, -0.05) is 20.3 Å². The maximum Gasteiger partial charge on any atom is 0.0554 e. The first-order chi connectivity index (χ1) is 7.20. The van der Waals surface area contributed by atoms with Crippen LogP contribution in [0.15, 0.2) is 0 Å². The van der Waals surface area contributed by atoms with Crippen LogP contribution in [0.3, 0.4) is 0 Å². The summed E-state index contributed by atoms with van der Waals surface area (Å²) in [4.78, 5) is 0. The normalized spacial score (nSPS) is 21.0. The predicted octanol–water partition coefficient (Wildman–Crippen LogP) is 1.41. The third kappa shape index (κ3) is 4.49. The highest BCUT2D eigenvalue weighted by Gasteiger charge is 2.32. The molecule has 2 N–H and O–H groups in total. The molecule has 1 unspecified atom stereocenters. The molecular formula is C12H25NO2. The van der Waals surface area contributed by atoms with Gasteiger partial charge in [0.1, 0.15) is 0 Å². The van der Waals surface area contributed by atoms with Gasteiger partial charge in [-0.25, -0.2) is 0 Å². The van der Waals surface area contributed by atoms with Gasteiger partial charge in [0.25, 0.3) is 0 Å². The Morgan fingerprint density at radius 1 is 1.40 bits per heavy atom. The number of ether oxygens (including phenoxy) is 1. The molecule has 0 aromatic carbocycles. The highest BCUT2D eigenvalue weighted by Crippen LogP contribution is 2.25. The average Bonchev–Trinajstić information content (AvgIpc) is 2.16. The Kier molecular flexibility index (Phi) is 5.58. The second-order valence-electron chi connectivity index (χ2n) is 5.10. The summed E-state index contributed by atoms with van der Waals surface area (Å²) in [5, 5.41) is 12.4. The minimum absolute atomic E-state index is 0.312. The van der Waals surface area contributed by atoms with Gasteiger partial charge in [-0.3, -0.25) is 0 Å². The third-order valence-corrected chi connectivity index (χ3v) is 3.12. The fourth-order valence-electron chi connectivity index (χ4n) is 2.07. The molecule has 0 aromatic rings. The molecule has 0 aromatic heterocycles. The second kappa shape index (κ2) is 6.46. The molecule has 3 heteroatoms. The van der Waals surface area contributed by atoms with Crippen molar-refractivity contribution in [3.05, 3.63) is 0 Å². The molecule has 15 heavy (non-hydrogen) atoms. The van der Waals surface area contributed by atoms with E-state index in [4.69, 9.17) is 9.84 Å². The first-order valence-electron chi connectivity index (χ1n) is 6.09. The monoisotopic (exact) mass is 215 g/mol. The lowest BCUT2D eigenvalue weighted by Crippen LogP contribution is -2.48. The molecule has 3 nitrogen and oxygen atoms in total. The SMILES string of the molecule is CCCC(CCO)CNCC1(C)COC1. The zero-order chi connectivity index (χ0) is 11.1. The Balaban J connectivity index is 2.09. The van der Waals surface area contributed by atoms with E-state index in [0.717, 1.165) is 32.7 Å². The summed E-state index contributed by atoms with van der Waals surface area (Å²) >= 11 is 0. The van der Waals surface area contributed by atoms with E-state index in [0.29, 0.717) is 17.9 Å². The van der Waals surface area contributed by atoms with E-state index >= 15 is 0 Å². The first-order valence-corrected chi connectivity index (χ1v) is 6.09. The minimum Gasteiger partial charge on any atom is -0.396 e. The van der Waals surface area contributed by atoms with E-state index in [9.17, 15) is 0 Å². The maximum atomic E-state index is 8.93. The molecule has 1 heterocycles. The Labute approximate surface area is 93.2 Å². The highest BCUT2D eigenvalue weighted by molar-refractivity contribution is 4.83. The molecular weight excluding hydrogens is 190 g/mol. The van der Waals surface area contributed by atoms with E-state index in [1.54, 1.807) is 0 Å². The molecule has 1 fully saturated rings. The summed E-state index contributed by atoms with van der Waals surface area (Å²) in [7, 11) is 0. The van der Waals surface area contributed by atoms with Crippen molar-refractivity contribution in [1.82, 2.24) is 5.32 Å². The lowest BCUT2D eigenvalue weighted by atomic mass is 9.88. The first kappa shape index (κ1) is 12.9. The second-order valence-corrected chi connectivity index (χ2v) is 5.10. The number of hydrogen-bond acceptors (Lipinski definition) is 3. The van der Waals surface area contributed by atoms with Gasteiger partial charge in [0.15, 0.2) is 0 Å². The van der Waals surface area contributed by atoms with Crippen molar-refractivity contribution < 1.29 is 9.84 Å². The van der Waals surface area contributed by atoms with E-state index in [-0.39, 0.29) is 0 Å². The maximum absolute atomic E-state index is 8.93. The van der Waals surface area contributed by atoms with Gasteiger partial charge in [0.2, 0.25) is 0 Å². The smallest absolute Gasteiger partial charge is 0.0554 e. The Bertz CT molecular complexity index is 163. The lowest BCUT2D eigenvalue weighted by Gasteiger charge is -2.38. The van der Waals surface area contributed by atoms with Crippen LogP contribution in [0.4, 0.5) is 0 Å². The summed E-state index contributed by atoms with van der Waals surface area (Å²) in [5.74, 6) is 0.629. The molecule has 0 amide bonds. The molecule has 0 spiro atoms. The van der Waals surface area contributed by atoms with Crippen molar-refractivity contribution in [1.29, 1.82) is 0 Å². The van der Waals surface area contributed by atoms with Gasteiger partial charge in [0.05, 0.1) is 13.2 Å². The summed E-state index contributed by atoms with van der Waals surface area (Å²) in [6.45, 7) is 8.61. The van der Waals surface area contributed by atoms with Crippen molar-refractivity contribution in [3.8, 4) is 0 Å². The summed E-state index contributed by atoms with van der Waals surface area (Å²) in [5.41, 5.74) is 0.357. The third-order valence-electron chi connectivity index (χ3n) is 3.12. The predicted molar refractivity (Wildman–Crippen MR) is 61.9 cm³/mol. The largest absolute Gasteiger partial charge is 0.396 e. The summed E-state index contributed by atoms with van der Waals surface area (Å²) < 4.78 is 5.21. The number of aliphatic hydroxyl groups excluding tert-OH is 1. The van der Waals surface area contributed by atoms with Gasteiger partial charge in [-0.2, -0.15) is 0 Å². The van der Waals surface area contributed by atoms with Crippen molar-refractivity contribution in [2.45, 2.75) is 33.1 Å². The van der Waals surface area contributed by atoms with Gasteiger partial charge in [-0.05, 0) is 25.3 Å². The van der Waals surface area contributed by atoms with Gasteiger partial charge in [0, 0.05) is 18.6 Å². The molecule has 1 rings (SSSR count). The Morgan fingerprint density at radius 2 is 2.13 bits per heavy atom. The van der Waals surface area contributed by atoms with E-state index in [2.05, 4.69) is 19.2 Å². The summed E-state index contributed by atoms with van der Waals surface area (Å²) in [6, 6.07) is 0. The van der Waals surface area contributed by atoms with Crippen molar-refractivity contribution in [2.75, 3.05) is 32.9 Å². The van der Waals surface area contributed by atoms with E-state index in [1.807, 2.05) is 0 Å². The van der Waals surface area contributed by atoms with Crippen LogP contribution in [0.25, 0.3) is 0 Å². The molecule has 1 saturated heterocycles. The number of aliphatic hydroxyl groups is 1. The van der Waals surface area contributed by atoms with Crippen LogP contribution in [-0.2, 0) is 4.74 Å². The quantitative estimate of drug-likeness (QED) is 0.643. The van der Waals surface area contributed by atoms with E-state index in [1.165, 1.54) is 12.8 Å². The number of nitrogens with one attached hydrogen (secondary N) is 1. The van der Waals surface area contributed by atoms with E-state index < -0.39 is 0 Å². The van der Waals surface area contributed by atoms with Crippen LogP contribution in [0.2, 0.25) is 0 Å². The summed E-state index contributed by atoms with van der Waals surface area (Å²) in [6.07, 6.45) is 3.33. The molecule has 0 aliphatic carbocycles. The number of rotatable bonds is 8. The van der Waals surface area contributed by atoms with Crippen LogP contribution < -0.4 is 5.32 Å². The van der Waals surface area contributed by atoms with Crippen LogP contribution in [-0.4, -0.2) is 38.0 Å². The van der Waals surface area contributed by atoms with Crippen molar-refractivity contribution >= 4 is 0 Å². The van der Waals surface area contributed by atoms with Gasteiger partial charge in [-0.15, -0.1) is 0 Å². The topological polar surface area (TPSA) is 41.5 Å². The molecule has 1 aliphatic rings. The zero-order valence-electron chi connectivity index (χ0n) is 10.1. The van der Waals surface area contributed by atoms with Gasteiger partial charge >= 0.3 is 0 Å². The fourth-order valence-corrected chi connectivity index (χ4v) is 2.07. The molecule has 1 atom stereocenters. The number of hydrogen-bond donors (Lipinski definition) is 2. The fraction of sp³-hybridized carbons (Fsp3) is 1.00. The van der Waals surface area contributed by atoms with Crippen LogP contribution >= 0.6 is 0 Å². The molecule has 1 aliphatic heterocycles. The van der Waals surface area contributed by atoms with Crippen molar-refractivity contribution in [3.63, 3.8) is 0 Å². The van der Waals surface area contributed by atoms with Crippen molar-refractivity contribution in [2.24, 2.45) is 11.3 Å². The Hall–Kier alpha value is -0.120. The molecule has 0 bridgehead atoms. The molecule has 0 radical (unpaired) electrons. The standard InChI is InChI=1S/C12H25NO2/c1-3-4-11(5-6-14)7-13-8-12(2)9-15-10-12/h11,13-14H,3-10H2,1-2H3. The van der Waals surface area contributed by atoms with Crippen LogP contribution in [0.5, 0.6) is 0 Å². The Morgan fingerprint density at radius 3 is 2.60 bits per heavy atom. The molecule has 90 valence electrons. The van der Waals surface area contributed by atoms with Gasteiger partial charge < -0.3 is 15.2 Å². The highest BCUT2D eigenvalue weighted by atomic mass is 16.5. The molecule has 0 saturated carbocycles.